The minimum Gasteiger partial charge on any atom is -0.481 e. The van der Waals surface area contributed by atoms with E-state index in [9.17, 15) is 26.4 Å². The van der Waals surface area contributed by atoms with Gasteiger partial charge in [-0.2, -0.15) is 26.3 Å². The number of hydrogen-bond acceptors (Lipinski definition) is 3. The zero-order valence-electron chi connectivity index (χ0n) is 9.96. The lowest BCUT2D eigenvalue weighted by Crippen LogP contribution is -2.47. The van der Waals surface area contributed by atoms with E-state index < -0.39 is 40.9 Å². The molecule has 0 atom stereocenters. The van der Waals surface area contributed by atoms with Crippen molar-refractivity contribution in [2.24, 2.45) is 5.41 Å². The Morgan fingerprint density at radius 1 is 1.21 bits per heavy atom. The maximum atomic E-state index is 11.9. The van der Waals surface area contributed by atoms with Crippen LogP contribution in [0.5, 0.6) is 0 Å². The van der Waals surface area contributed by atoms with Gasteiger partial charge in [0.05, 0.1) is 5.41 Å². The van der Waals surface area contributed by atoms with Crippen LogP contribution in [0.4, 0.5) is 13.2 Å². The van der Waals surface area contributed by atoms with E-state index in [2.05, 4.69) is 0 Å². The first kappa shape index (κ1) is 16.2. The summed E-state index contributed by atoms with van der Waals surface area (Å²) >= 11 is 0. The molecule has 10 heteroatoms. The molecule has 1 aliphatic carbocycles. The van der Waals surface area contributed by atoms with Crippen molar-refractivity contribution in [3.05, 3.63) is 0 Å². The van der Waals surface area contributed by atoms with Crippen molar-refractivity contribution >= 4 is 16.2 Å². The van der Waals surface area contributed by atoms with Crippen molar-refractivity contribution in [1.82, 2.24) is 9.44 Å². The molecule has 0 saturated heterocycles. The number of carbonyl (C=O) groups is 1. The van der Waals surface area contributed by atoms with Gasteiger partial charge in [-0.1, -0.05) is 12.8 Å². The Kier molecular flexibility index (Phi) is 4.80. The van der Waals surface area contributed by atoms with E-state index in [-0.39, 0.29) is 0 Å². The van der Waals surface area contributed by atoms with Crippen molar-refractivity contribution in [1.29, 1.82) is 0 Å². The summed E-state index contributed by atoms with van der Waals surface area (Å²) in [6, 6.07) is 0. The highest BCUT2D eigenvalue weighted by atomic mass is 32.2. The van der Waals surface area contributed by atoms with Crippen molar-refractivity contribution in [2.45, 2.75) is 31.9 Å². The molecule has 0 unspecified atom stereocenters. The summed E-state index contributed by atoms with van der Waals surface area (Å²) in [6.07, 6.45) is -2.73. The molecule has 0 amide bonds. The summed E-state index contributed by atoms with van der Waals surface area (Å²) in [6.45, 7) is -2.10. The third-order valence-corrected chi connectivity index (χ3v) is 4.13. The fraction of sp³-hybridized carbons (Fsp3) is 0.889. The third kappa shape index (κ3) is 4.96. The minimum absolute atomic E-state index is 0.310. The van der Waals surface area contributed by atoms with Crippen molar-refractivity contribution in [3.63, 3.8) is 0 Å². The number of hydrogen-bond donors (Lipinski definition) is 3. The molecule has 1 fully saturated rings. The molecule has 19 heavy (non-hydrogen) atoms. The van der Waals surface area contributed by atoms with Crippen molar-refractivity contribution in [2.75, 3.05) is 13.1 Å². The van der Waals surface area contributed by atoms with E-state index in [1.807, 2.05) is 4.72 Å². The molecule has 1 rings (SSSR count). The summed E-state index contributed by atoms with van der Waals surface area (Å²) < 4.78 is 61.4. The van der Waals surface area contributed by atoms with Gasteiger partial charge >= 0.3 is 12.1 Å². The van der Waals surface area contributed by atoms with Crippen molar-refractivity contribution in [3.8, 4) is 0 Å². The zero-order valence-corrected chi connectivity index (χ0v) is 10.8. The molecule has 1 aliphatic rings. The molecular formula is C9H15F3N2O4S. The minimum atomic E-state index is -4.66. The molecule has 112 valence electrons. The van der Waals surface area contributed by atoms with Crippen LogP contribution in [0, 0.1) is 5.41 Å². The molecule has 1 saturated carbocycles. The number of nitrogens with one attached hydrogen (secondary N) is 2. The lowest BCUT2D eigenvalue weighted by Gasteiger charge is -2.24. The number of halogens is 3. The van der Waals surface area contributed by atoms with Crippen LogP contribution in [-0.4, -0.2) is 38.8 Å². The average molecular weight is 304 g/mol. The molecular weight excluding hydrogens is 289 g/mol. The van der Waals surface area contributed by atoms with Crippen LogP contribution >= 0.6 is 0 Å². The van der Waals surface area contributed by atoms with Gasteiger partial charge in [0.2, 0.25) is 0 Å². The first-order valence-corrected chi connectivity index (χ1v) is 7.09. The monoisotopic (exact) mass is 304 g/mol. The van der Waals surface area contributed by atoms with Gasteiger partial charge in [0.1, 0.15) is 6.54 Å². The van der Waals surface area contributed by atoms with Gasteiger partial charge in [-0.15, -0.1) is 0 Å². The molecule has 0 aromatic rings. The molecule has 0 heterocycles. The van der Waals surface area contributed by atoms with Crippen LogP contribution in [0.15, 0.2) is 0 Å². The van der Waals surface area contributed by atoms with E-state index in [0.717, 1.165) is 0 Å². The van der Waals surface area contributed by atoms with Crippen molar-refractivity contribution < 1.29 is 31.5 Å². The second-order valence-electron chi connectivity index (χ2n) is 4.55. The van der Waals surface area contributed by atoms with Gasteiger partial charge in [0.15, 0.2) is 0 Å². The molecule has 3 N–H and O–H groups in total. The normalized spacial score (nSPS) is 19.5. The molecule has 0 bridgehead atoms. The second kappa shape index (κ2) is 5.63. The largest absolute Gasteiger partial charge is 0.481 e. The lowest BCUT2D eigenvalue weighted by atomic mass is 9.87. The topological polar surface area (TPSA) is 95.5 Å². The smallest absolute Gasteiger partial charge is 0.402 e. The molecule has 0 spiro atoms. The molecule has 0 aromatic carbocycles. The third-order valence-electron chi connectivity index (χ3n) is 3.08. The van der Waals surface area contributed by atoms with E-state index in [4.69, 9.17) is 5.11 Å². The fourth-order valence-electron chi connectivity index (χ4n) is 1.98. The van der Waals surface area contributed by atoms with Crippen LogP contribution in [0.3, 0.4) is 0 Å². The first-order chi connectivity index (χ1) is 8.56. The predicted octanol–water partition coefficient (Wildman–Crippen LogP) is 0.618. The Balaban J connectivity index is 2.57. The van der Waals surface area contributed by atoms with E-state index in [1.165, 1.54) is 4.72 Å². The van der Waals surface area contributed by atoms with E-state index in [1.54, 1.807) is 0 Å². The van der Waals surface area contributed by atoms with Crippen LogP contribution in [0.25, 0.3) is 0 Å². The van der Waals surface area contributed by atoms with Crippen LogP contribution in [0.2, 0.25) is 0 Å². The van der Waals surface area contributed by atoms with Gasteiger partial charge in [-0.05, 0) is 12.8 Å². The van der Waals surface area contributed by atoms with E-state index in [0.29, 0.717) is 25.7 Å². The SMILES string of the molecule is O=C(O)C1(CNS(=O)(=O)NCC(F)(F)F)CCCC1. The Morgan fingerprint density at radius 3 is 2.16 bits per heavy atom. The van der Waals surface area contributed by atoms with Gasteiger partial charge < -0.3 is 5.11 Å². The Hall–Kier alpha value is -0.870. The highest BCUT2D eigenvalue weighted by Gasteiger charge is 2.42. The summed E-state index contributed by atoms with van der Waals surface area (Å²) in [4.78, 5) is 11.1. The first-order valence-electron chi connectivity index (χ1n) is 5.61. The van der Waals surface area contributed by atoms with Gasteiger partial charge in [0.25, 0.3) is 10.2 Å². The zero-order chi connectivity index (χ0) is 14.7. The Labute approximate surface area is 108 Å². The van der Waals surface area contributed by atoms with Gasteiger partial charge in [0, 0.05) is 6.54 Å². The molecule has 0 aromatic heterocycles. The van der Waals surface area contributed by atoms with Crippen LogP contribution < -0.4 is 9.44 Å². The molecule has 0 radical (unpaired) electrons. The maximum Gasteiger partial charge on any atom is 0.402 e. The highest BCUT2D eigenvalue weighted by Crippen LogP contribution is 2.37. The fourth-order valence-corrected chi connectivity index (χ4v) is 2.90. The summed E-state index contributed by atoms with van der Waals surface area (Å²) in [5.41, 5.74) is -1.22. The van der Waals surface area contributed by atoms with Gasteiger partial charge in [-0.25, -0.2) is 4.72 Å². The standard InChI is InChI=1S/C9H15F3N2O4S/c10-9(11,12)6-14-19(17,18)13-5-8(7(15)16)3-1-2-4-8/h13-14H,1-6H2,(H,15,16). The highest BCUT2D eigenvalue weighted by molar-refractivity contribution is 7.87. The van der Waals surface area contributed by atoms with E-state index >= 15 is 0 Å². The van der Waals surface area contributed by atoms with Crippen LogP contribution in [-0.2, 0) is 15.0 Å². The summed E-state index contributed by atoms with van der Waals surface area (Å²) in [5.74, 6) is -1.14. The number of alkyl halides is 3. The second-order valence-corrected chi connectivity index (χ2v) is 6.14. The maximum absolute atomic E-state index is 11.9. The summed E-state index contributed by atoms with van der Waals surface area (Å²) in [7, 11) is -4.36. The molecule has 6 nitrogen and oxygen atoms in total. The van der Waals surface area contributed by atoms with Gasteiger partial charge in [-0.3, -0.25) is 4.79 Å². The average Bonchev–Trinajstić information content (AvgIpc) is 2.73. The predicted molar refractivity (Wildman–Crippen MR) is 59.5 cm³/mol. The molecule has 0 aliphatic heterocycles. The summed E-state index contributed by atoms with van der Waals surface area (Å²) in [5, 5.41) is 9.08. The van der Waals surface area contributed by atoms with Crippen LogP contribution in [0.1, 0.15) is 25.7 Å². The number of aliphatic carboxylic acids is 1. The Morgan fingerprint density at radius 2 is 1.74 bits per heavy atom. The number of carboxylic acid groups (broad SMARTS) is 1. The Bertz CT molecular complexity index is 429. The number of carboxylic acids is 1. The lowest BCUT2D eigenvalue weighted by molar-refractivity contribution is -0.148. The quantitative estimate of drug-likeness (QED) is 0.670. The number of rotatable bonds is 6.